The highest BCUT2D eigenvalue weighted by molar-refractivity contribution is 6.00. The average Bonchev–Trinajstić information content (AvgIpc) is 2.89. The van der Waals surface area contributed by atoms with Crippen molar-refractivity contribution in [2.45, 2.75) is 97.8 Å². The van der Waals surface area contributed by atoms with E-state index in [2.05, 4.69) is 17.6 Å². The maximum absolute atomic E-state index is 14.2. The van der Waals surface area contributed by atoms with E-state index in [4.69, 9.17) is 10.5 Å². The number of carbonyl (C=O) groups is 4. The Morgan fingerprint density at radius 2 is 1.56 bits per heavy atom. The number of aryl methyl sites for hydroxylation is 2. The SMILES string of the molecule is CCCCCCN(C(=O)C(CCC(N)=O)NC(=O)OC(C)(C)C)C(C(=O)Nc1c(C)cccc1C)c1ccccc1. The molecule has 2 unspecified atom stereocenters. The van der Waals surface area contributed by atoms with Crippen LogP contribution in [0, 0.1) is 13.8 Å². The minimum atomic E-state index is -1.12. The second-order valence-electron chi connectivity index (χ2n) is 11.4. The number of rotatable bonds is 14. The van der Waals surface area contributed by atoms with Gasteiger partial charge in [0.1, 0.15) is 17.7 Å². The molecule has 0 radical (unpaired) electrons. The van der Waals surface area contributed by atoms with Crippen molar-refractivity contribution in [3.8, 4) is 0 Å². The number of nitrogens with two attached hydrogens (primary N) is 1. The molecule has 2 atom stereocenters. The summed E-state index contributed by atoms with van der Waals surface area (Å²) in [5, 5.41) is 5.69. The van der Waals surface area contributed by atoms with Crippen LogP contribution in [0.25, 0.3) is 0 Å². The van der Waals surface area contributed by atoms with Crippen LogP contribution in [0.5, 0.6) is 0 Å². The number of carbonyl (C=O) groups excluding carboxylic acids is 4. The van der Waals surface area contributed by atoms with Crippen molar-refractivity contribution in [3.63, 3.8) is 0 Å². The molecule has 0 saturated heterocycles. The minimum absolute atomic E-state index is 0.0289. The van der Waals surface area contributed by atoms with E-state index in [1.807, 2.05) is 50.2 Å². The standard InChI is InChI=1S/C32H46N4O5/c1-7-8-9-13-21-36(30(39)25(19-20-26(33)37)34-31(40)41-32(4,5)6)28(24-17-11-10-12-18-24)29(38)35-27-22(2)15-14-16-23(27)3/h10-12,14-18,25,28H,7-9,13,19-21H2,1-6H3,(H2,33,37)(H,34,40)(H,35,38). The van der Waals surface area contributed by atoms with Crippen molar-refractivity contribution in [1.82, 2.24) is 10.2 Å². The minimum Gasteiger partial charge on any atom is -0.444 e. The normalized spacial score (nSPS) is 12.6. The smallest absolute Gasteiger partial charge is 0.408 e. The molecule has 9 heteroatoms. The summed E-state index contributed by atoms with van der Waals surface area (Å²) in [6.45, 7) is 11.4. The van der Waals surface area contributed by atoms with Gasteiger partial charge in [-0.1, -0.05) is 74.7 Å². The number of anilines is 1. The van der Waals surface area contributed by atoms with E-state index < -0.39 is 35.6 Å². The van der Waals surface area contributed by atoms with Gasteiger partial charge >= 0.3 is 6.09 Å². The number of benzene rings is 2. The molecular weight excluding hydrogens is 520 g/mol. The molecular formula is C32H46N4O5. The van der Waals surface area contributed by atoms with E-state index in [-0.39, 0.29) is 25.3 Å². The molecule has 0 aliphatic heterocycles. The lowest BCUT2D eigenvalue weighted by atomic mass is 10.00. The largest absolute Gasteiger partial charge is 0.444 e. The van der Waals surface area contributed by atoms with Gasteiger partial charge in [-0.3, -0.25) is 14.4 Å². The first-order valence-electron chi connectivity index (χ1n) is 14.3. The fourth-order valence-corrected chi connectivity index (χ4v) is 4.58. The molecule has 41 heavy (non-hydrogen) atoms. The van der Waals surface area contributed by atoms with Crippen molar-refractivity contribution in [2.75, 3.05) is 11.9 Å². The fourth-order valence-electron chi connectivity index (χ4n) is 4.58. The third-order valence-corrected chi connectivity index (χ3v) is 6.61. The monoisotopic (exact) mass is 566 g/mol. The van der Waals surface area contributed by atoms with Crippen molar-refractivity contribution in [1.29, 1.82) is 0 Å². The summed E-state index contributed by atoms with van der Waals surface area (Å²) in [4.78, 5) is 54.2. The summed E-state index contributed by atoms with van der Waals surface area (Å²) in [7, 11) is 0. The Bertz CT molecular complexity index is 1160. The van der Waals surface area contributed by atoms with Crippen molar-refractivity contribution >= 4 is 29.5 Å². The molecule has 2 aromatic carbocycles. The highest BCUT2D eigenvalue weighted by atomic mass is 16.6. The lowest BCUT2D eigenvalue weighted by molar-refractivity contribution is -0.141. The first-order chi connectivity index (χ1) is 19.3. The van der Waals surface area contributed by atoms with E-state index in [1.165, 1.54) is 4.90 Å². The average molecular weight is 567 g/mol. The zero-order valence-corrected chi connectivity index (χ0v) is 25.3. The Balaban J connectivity index is 2.54. The van der Waals surface area contributed by atoms with Crippen LogP contribution in [0.1, 0.15) is 89.0 Å². The summed E-state index contributed by atoms with van der Waals surface area (Å²) in [6.07, 6.45) is 2.57. The number of hydrogen-bond donors (Lipinski definition) is 3. The van der Waals surface area contributed by atoms with Gasteiger partial charge in [0.15, 0.2) is 0 Å². The van der Waals surface area contributed by atoms with Crippen LogP contribution in [0.3, 0.4) is 0 Å². The number of primary amides is 1. The van der Waals surface area contributed by atoms with Gasteiger partial charge in [-0.2, -0.15) is 0 Å². The number of amides is 4. The number of nitrogens with zero attached hydrogens (tertiary/aromatic N) is 1. The Morgan fingerprint density at radius 3 is 2.12 bits per heavy atom. The molecule has 224 valence electrons. The van der Waals surface area contributed by atoms with Crippen LogP contribution >= 0.6 is 0 Å². The number of nitrogens with one attached hydrogen (secondary N) is 2. The Hall–Kier alpha value is -3.88. The summed E-state index contributed by atoms with van der Waals surface area (Å²) in [5.41, 5.74) is 7.73. The number of alkyl carbamates (subject to hydrolysis) is 1. The van der Waals surface area contributed by atoms with E-state index in [0.717, 1.165) is 30.4 Å². The third kappa shape index (κ3) is 10.9. The number of unbranched alkanes of at least 4 members (excludes halogenated alkanes) is 3. The van der Waals surface area contributed by atoms with Gasteiger partial charge in [-0.25, -0.2) is 4.79 Å². The molecule has 0 fully saturated rings. The number of ether oxygens (including phenoxy) is 1. The zero-order chi connectivity index (χ0) is 30.6. The maximum atomic E-state index is 14.2. The van der Waals surface area contributed by atoms with Gasteiger partial charge in [0.05, 0.1) is 0 Å². The van der Waals surface area contributed by atoms with Crippen LogP contribution < -0.4 is 16.4 Å². The molecule has 0 heterocycles. The lowest BCUT2D eigenvalue weighted by Crippen LogP contribution is -2.53. The summed E-state index contributed by atoms with van der Waals surface area (Å²) >= 11 is 0. The molecule has 0 saturated carbocycles. The van der Waals surface area contributed by atoms with Gasteiger partial charge in [0.2, 0.25) is 11.8 Å². The van der Waals surface area contributed by atoms with Crippen molar-refractivity contribution in [3.05, 3.63) is 65.2 Å². The molecule has 0 aliphatic carbocycles. The molecule has 9 nitrogen and oxygen atoms in total. The van der Waals surface area contributed by atoms with Crippen LogP contribution in [-0.2, 0) is 19.1 Å². The van der Waals surface area contributed by atoms with Gasteiger partial charge < -0.3 is 26.0 Å². The van der Waals surface area contributed by atoms with Gasteiger partial charge in [-0.15, -0.1) is 0 Å². The maximum Gasteiger partial charge on any atom is 0.408 e. The zero-order valence-electron chi connectivity index (χ0n) is 25.3. The van der Waals surface area contributed by atoms with E-state index in [0.29, 0.717) is 17.7 Å². The summed E-state index contributed by atoms with van der Waals surface area (Å²) < 4.78 is 5.40. The highest BCUT2D eigenvalue weighted by Gasteiger charge is 2.36. The van der Waals surface area contributed by atoms with E-state index >= 15 is 0 Å². The second-order valence-corrected chi connectivity index (χ2v) is 11.4. The van der Waals surface area contributed by atoms with E-state index in [9.17, 15) is 19.2 Å². The Morgan fingerprint density at radius 1 is 0.927 bits per heavy atom. The summed E-state index contributed by atoms with van der Waals surface area (Å²) in [5.74, 6) is -1.46. The first kappa shape index (κ1) is 33.3. The van der Waals surface area contributed by atoms with Crippen molar-refractivity contribution in [2.24, 2.45) is 5.73 Å². The molecule has 4 amide bonds. The molecule has 2 rings (SSSR count). The second kappa shape index (κ2) is 15.8. The van der Waals surface area contributed by atoms with E-state index in [1.54, 1.807) is 32.9 Å². The number of hydrogen-bond acceptors (Lipinski definition) is 5. The van der Waals surface area contributed by atoms with Crippen LogP contribution in [0.15, 0.2) is 48.5 Å². The lowest BCUT2D eigenvalue weighted by Gasteiger charge is -2.35. The first-order valence-corrected chi connectivity index (χ1v) is 14.3. The van der Waals surface area contributed by atoms with Crippen LogP contribution in [0.2, 0.25) is 0 Å². The Labute approximate surface area is 244 Å². The van der Waals surface area contributed by atoms with Crippen LogP contribution in [0.4, 0.5) is 10.5 Å². The fraction of sp³-hybridized carbons (Fsp3) is 0.500. The van der Waals surface area contributed by atoms with Crippen LogP contribution in [-0.4, -0.2) is 46.9 Å². The topological polar surface area (TPSA) is 131 Å². The van der Waals surface area contributed by atoms with Gasteiger partial charge in [0.25, 0.3) is 5.91 Å². The molecule has 0 aliphatic rings. The summed E-state index contributed by atoms with van der Waals surface area (Å²) in [6, 6.07) is 12.7. The van der Waals surface area contributed by atoms with Crippen molar-refractivity contribution < 1.29 is 23.9 Å². The highest BCUT2D eigenvalue weighted by Crippen LogP contribution is 2.28. The van der Waals surface area contributed by atoms with Gasteiger partial charge in [0, 0.05) is 18.7 Å². The van der Waals surface area contributed by atoms with Gasteiger partial charge in [-0.05, 0) is 64.2 Å². The molecule has 0 bridgehead atoms. The Kier molecular flexibility index (Phi) is 12.8. The third-order valence-electron chi connectivity index (χ3n) is 6.61. The molecule has 0 aromatic heterocycles. The molecule has 0 spiro atoms. The molecule has 2 aromatic rings. The quantitative estimate of drug-likeness (QED) is 0.258. The predicted octanol–water partition coefficient (Wildman–Crippen LogP) is 5.55. The molecule has 4 N–H and O–H groups in total. The predicted molar refractivity (Wildman–Crippen MR) is 161 cm³/mol. The number of para-hydroxylation sites is 1.